The molecule has 0 atom stereocenters. The van der Waals surface area contributed by atoms with Crippen molar-refractivity contribution in [3.63, 3.8) is 0 Å². The van der Waals surface area contributed by atoms with E-state index in [0.29, 0.717) is 23.4 Å². The molecular formula is C18H20N2O6. The number of methoxy groups -OCH3 is 1. The number of nitrogens with zero attached hydrogens (tertiary/aromatic N) is 1. The molecule has 2 rings (SSSR count). The van der Waals surface area contributed by atoms with Crippen molar-refractivity contribution in [2.24, 2.45) is 0 Å². The van der Waals surface area contributed by atoms with Crippen LogP contribution in [-0.2, 0) is 19.1 Å². The predicted octanol–water partition coefficient (Wildman–Crippen LogP) is 1.88. The van der Waals surface area contributed by atoms with Gasteiger partial charge in [0.1, 0.15) is 17.0 Å². The summed E-state index contributed by atoms with van der Waals surface area (Å²) in [7, 11) is 1.30. The van der Waals surface area contributed by atoms with Crippen molar-refractivity contribution in [1.29, 1.82) is 0 Å². The lowest BCUT2D eigenvalue weighted by molar-refractivity contribution is -0.140. The van der Waals surface area contributed by atoms with Crippen molar-refractivity contribution < 1.29 is 28.4 Å². The maximum Gasteiger partial charge on any atom is 0.344 e. The molecule has 0 aliphatic carbocycles. The third kappa shape index (κ3) is 5.17. The molecule has 8 heteroatoms. The van der Waals surface area contributed by atoms with Crippen LogP contribution in [0.15, 0.2) is 34.9 Å². The fourth-order valence-electron chi connectivity index (χ4n) is 2.22. The van der Waals surface area contributed by atoms with Crippen molar-refractivity contribution in [1.82, 2.24) is 10.5 Å². The molecule has 1 aromatic heterocycles. The first kappa shape index (κ1) is 19.2. The molecule has 0 saturated heterocycles. The van der Waals surface area contributed by atoms with Gasteiger partial charge in [-0.1, -0.05) is 35.5 Å². The van der Waals surface area contributed by atoms with Crippen LogP contribution in [0.3, 0.4) is 0 Å². The lowest BCUT2D eigenvalue weighted by Gasteiger charge is -2.07. The van der Waals surface area contributed by atoms with Gasteiger partial charge in [0.2, 0.25) is 0 Å². The number of carbonyl (C=O) groups excluding carboxylic acids is 3. The molecule has 0 saturated carbocycles. The standard InChI is InChI=1S/C18H20N2O6/c1-12-16(17(20-26-12)13-7-4-3-5-8-13)18(23)25-11-14(21)19-10-6-9-15(22)24-2/h3-5,7-8H,6,9-11H2,1-2H3,(H,19,21). The van der Waals surface area contributed by atoms with Gasteiger partial charge in [0, 0.05) is 18.5 Å². The van der Waals surface area contributed by atoms with Crippen LogP contribution in [0.4, 0.5) is 0 Å². The number of rotatable bonds is 8. The lowest BCUT2D eigenvalue weighted by atomic mass is 10.1. The Morgan fingerprint density at radius 2 is 1.92 bits per heavy atom. The molecule has 1 N–H and O–H groups in total. The fraction of sp³-hybridized carbons (Fsp3) is 0.333. The second-order valence-electron chi connectivity index (χ2n) is 5.43. The monoisotopic (exact) mass is 360 g/mol. The average Bonchev–Trinajstić information content (AvgIpc) is 3.05. The predicted molar refractivity (Wildman–Crippen MR) is 91.2 cm³/mol. The first-order valence-corrected chi connectivity index (χ1v) is 8.05. The Hall–Kier alpha value is -3.16. The van der Waals surface area contributed by atoms with Gasteiger partial charge in [-0.3, -0.25) is 9.59 Å². The van der Waals surface area contributed by atoms with Crippen LogP contribution in [0.1, 0.15) is 29.0 Å². The van der Waals surface area contributed by atoms with Crippen LogP contribution in [0, 0.1) is 6.92 Å². The van der Waals surface area contributed by atoms with Gasteiger partial charge in [-0.15, -0.1) is 0 Å². The molecule has 1 amide bonds. The van der Waals surface area contributed by atoms with Crippen molar-refractivity contribution in [3.05, 3.63) is 41.7 Å². The first-order valence-electron chi connectivity index (χ1n) is 8.05. The maximum atomic E-state index is 12.3. The van der Waals surface area contributed by atoms with Gasteiger partial charge in [-0.25, -0.2) is 4.79 Å². The number of benzene rings is 1. The van der Waals surface area contributed by atoms with Gasteiger partial charge in [-0.2, -0.15) is 0 Å². The van der Waals surface area contributed by atoms with E-state index in [1.165, 1.54) is 7.11 Å². The second kappa shape index (κ2) is 9.36. The number of ether oxygens (including phenoxy) is 2. The van der Waals surface area contributed by atoms with Crippen LogP contribution < -0.4 is 5.32 Å². The lowest BCUT2D eigenvalue weighted by Crippen LogP contribution is -2.30. The van der Waals surface area contributed by atoms with Crippen molar-refractivity contribution in [2.75, 3.05) is 20.3 Å². The number of hydrogen-bond donors (Lipinski definition) is 1. The first-order chi connectivity index (χ1) is 12.5. The van der Waals surface area contributed by atoms with E-state index in [-0.39, 0.29) is 24.5 Å². The SMILES string of the molecule is COC(=O)CCCNC(=O)COC(=O)c1c(-c2ccccc2)noc1C. The van der Waals surface area contributed by atoms with Gasteiger partial charge < -0.3 is 19.3 Å². The number of esters is 2. The van der Waals surface area contributed by atoms with Gasteiger partial charge in [0.25, 0.3) is 5.91 Å². The minimum atomic E-state index is -0.688. The highest BCUT2D eigenvalue weighted by molar-refractivity contribution is 5.98. The summed E-state index contributed by atoms with van der Waals surface area (Å²) in [5.41, 5.74) is 1.27. The van der Waals surface area contributed by atoms with Gasteiger partial charge in [0.15, 0.2) is 6.61 Å². The molecule has 138 valence electrons. The van der Waals surface area contributed by atoms with Crippen molar-refractivity contribution >= 4 is 17.8 Å². The molecule has 0 unspecified atom stereocenters. The Balaban J connectivity index is 1.88. The molecule has 26 heavy (non-hydrogen) atoms. The summed E-state index contributed by atoms with van der Waals surface area (Å²) in [5.74, 6) is -1.18. The molecule has 8 nitrogen and oxygen atoms in total. The van der Waals surface area contributed by atoms with Gasteiger partial charge in [-0.05, 0) is 13.3 Å². The Morgan fingerprint density at radius 1 is 1.19 bits per heavy atom. The molecule has 2 aromatic rings. The molecule has 1 heterocycles. The highest BCUT2D eigenvalue weighted by atomic mass is 16.5. The van der Waals surface area contributed by atoms with Crippen LogP contribution in [-0.4, -0.2) is 43.3 Å². The molecular weight excluding hydrogens is 340 g/mol. The van der Waals surface area contributed by atoms with Crippen molar-refractivity contribution in [3.8, 4) is 11.3 Å². The Morgan fingerprint density at radius 3 is 2.62 bits per heavy atom. The third-order valence-electron chi connectivity index (χ3n) is 3.56. The van der Waals surface area contributed by atoms with Crippen LogP contribution >= 0.6 is 0 Å². The van der Waals surface area contributed by atoms with Crippen LogP contribution in [0.25, 0.3) is 11.3 Å². The van der Waals surface area contributed by atoms with E-state index in [2.05, 4.69) is 15.2 Å². The summed E-state index contributed by atoms with van der Waals surface area (Å²) < 4.78 is 14.6. The zero-order valence-corrected chi connectivity index (χ0v) is 14.6. The molecule has 0 radical (unpaired) electrons. The Labute approximate surface area is 150 Å². The van der Waals surface area contributed by atoms with E-state index in [4.69, 9.17) is 9.26 Å². The minimum Gasteiger partial charge on any atom is -0.469 e. The van der Waals surface area contributed by atoms with E-state index >= 15 is 0 Å². The number of nitrogens with one attached hydrogen (secondary N) is 1. The van der Waals surface area contributed by atoms with E-state index in [1.807, 2.05) is 18.2 Å². The number of amides is 1. The third-order valence-corrected chi connectivity index (χ3v) is 3.56. The number of aromatic nitrogens is 1. The average molecular weight is 360 g/mol. The van der Waals surface area contributed by atoms with E-state index in [1.54, 1.807) is 19.1 Å². The van der Waals surface area contributed by atoms with Crippen LogP contribution in [0.5, 0.6) is 0 Å². The Bertz CT molecular complexity index is 769. The molecule has 1 aromatic carbocycles. The largest absolute Gasteiger partial charge is 0.469 e. The maximum absolute atomic E-state index is 12.3. The summed E-state index contributed by atoms with van der Waals surface area (Å²) in [6.07, 6.45) is 0.645. The summed E-state index contributed by atoms with van der Waals surface area (Å²) in [6.45, 7) is 1.45. The van der Waals surface area contributed by atoms with E-state index in [9.17, 15) is 14.4 Å². The zero-order valence-electron chi connectivity index (χ0n) is 14.6. The highest BCUT2D eigenvalue weighted by Crippen LogP contribution is 2.25. The minimum absolute atomic E-state index is 0.190. The van der Waals surface area contributed by atoms with Gasteiger partial charge in [0.05, 0.1) is 7.11 Å². The fourth-order valence-corrected chi connectivity index (χ4v) is 2.22. The van der Waals surface area contributed by atoms with E-state index < -0.39 is 18.5 Å². The summed E-state index contributed by atoms with van der Waals surface area (Å²) >= 11 is 0. The highest BCUT2D eigenvalue weighted by Gasteiger charge is 2.23. The summed E-state index contributed by atoms with van der Waals surface area (Å²) in [5, 5.41) is 6.46. The van der Waals surface area contributed by atoms with Gasteiger partial charge >= 0.3 is 11.9 Å². The quantitative estimate of drug-likeness (QED) is 0.565. The number of aryl methyl sites for hydroxylation is 1. The molecule has 0 aliphatic rings. The smallest absolute Gasteiger partial charge is 0.344 e. The van der Waals surface area contributed by atoms with E-state index in [0.717, 1.165) is 0 Å². The zero-order chi connectivity index (χ0) is 18.9. The Kier molecular flexibility index (Phi) is 6.90. The van der Waals surface area contributed by atoms with Crippen molar-refractivity contribution in [2.45, 2.75) is 19.8 Å². The van der Waals surface area contributed by atoms with Crippen LogP contribution in [0.2, 0.25) is 0 Å². The summed E-state index contributed by atoms with van der Waals surface area (Å²) in [6, 6.07) is 9.07. The second-order valence-corrected chi connectivity index (χ2v) is 5.43. The number of carbonyl (C=O) groups is 3. The molecule has 0 spiro atoms. The topological polar surface area (TPSA) is 108 Å². The molecule has 0 bridgehead atoms. The number of hydrogen-bond acceptors (Lipinski definition) is 7. The summed E-state index contributed by atoms with van der Waals surface area (Å²) in [4.78, 5) is 35.0. The normalized spacial score (nSPS) is 10.2. The molecule has 0 aliphatic heterocycles. The molecule has 0 fully saturated rings.